The van der Waals surface area contributed by atoms with Crippen molar-refractivity contribution in [3.05, 3.63) is 23.8 Å². The molecule has 0 aromatic heterocycles. The van der Waals surface area contributed by atoms with Gasteiger partial charge in [0.05, 0.1) is 6.10 Å². The van der Waals surface area contributed by atoms with E-state index in [1.165, 1.54) is 31.3 Å². The van der Waals surface area contributed by atoms with E-state index in [4.69, 9.17) is 5.41 Å². The molecule has 2 N–H and O–H groups in total. The molecule has 0 radical (unpaired) electrons. The maximum absolute atomic E-state index is 9.89. The monoisotopic (exact) mass is 285 g/mol. The first-order chi connectivity index (χ1) is 9.95. The van der Waals surface area contributed by atoms with Crippen molar-refractivity contribution in [2.75, 3.05) is 0 Å². The minimum absolute atomic E-state index is 0.161. The van der Waals surface area contributed by atoms with Crippen LogP contribution in [0.4, 0.5) is 0 Å². The summed E-state index contributed by atoms with van der Waals surface area (Å²) >= 11 is 0. The number of allylic oxidation sites excluding steroid dienone is 2. The largest absolute Gasteiger partial charge is 0.385 e. The molecule has 2 heteroatoms. The second-order valence-electron chi connectivity index (χ2n) is 8.21. The van der Waals surface area contributed by atoms with E-state index in [0.717, 1.165) is 30.4 Å². The van der Waals surface area contributed by atoms with Gasteiger partial charge in [-0.1, -0.05) is 37.6 Å². The molecular formula is C19H27NO. The summed E-state index contributed by atoms with van der Waals surface area (Å²) in [4.78, 5) is 0. The molecule has 3 fully saturated rings. The van der Waals surface area contributed by atoms with Gasteiger partial charge in [0.15, 0.2) is 0 Å². The third-order valence-electron chi connectivity index (χ3n) is 7.44. The van der Waals surface area contributed by atoms with E-state index in [9.17, 15) is 5.11 Å². The topological polar surface area (TPSA) is 44.1 Å². The van der Waals surface area contributed by atoms with E-state index >= 15 is 0 Å². The van der Waals surface area contributed by atoms with Crippen LogP contribution in [0.2, 0.25) is 0 Å². The molecule has 2 nitrogen and oxygen atoms in total. The summed E-state index contributed by atoms with van der Waals surface area (Å²) in [7, 11) is 0. The van der Waals surface area contributed by atoms with E-state index in [-0.39, 0.29) is 16.9 Å². The lowest BCUT2D eigenvalue weighted by molar-refractivity contribution is 0.00462. The van der Waals surface area contributed by atoms with Crippen LogP contribution >= 0.6 is 0 Å². The van der Waals surface area contributed by atoms with Crippen LogP contribution in [0.1, 0.15) is 52.4 Å². The Morgan fingerprint density at radius 2 is 1.95 bits per heavy atom. The SMILES string of the molecule is C[C@]12C=CC(O)C=C1CC[C@@H]1[C@H]2CC[C@]2(C)C(=N)CC[C@@H]12. The number of nitrogens with one attached hydrogen (secondary N) is 1. The molecule has 4 rings (SSSR count). The molecule has 6 atom stereocenters. The van der Waals surface area contributed by atoms with Crippen LogP contribution in [0.5, 0.6) is 0 Å². The van der Waals surface area contributed by atoms with Crippen molar-refractivity contribution < 1.29 is 5.11 Å². The minimum Gasteiger partial charge on any atom is -0.385 e. The Labute approximate surface area is 127 Å². The van der Waals surface area contributed by atoms with Crippen molar-refractivity contribution >= 4 is 5.71 Å². The van der Waals surface area contributed by atoms with Crippen LogP contribution in [0.3, 0.4) is 0 Å². The summed E-state index contributed by atoms with van der Waals surface area (Å²) in [6.07, 6.45) is 13.1. The molecule has 0 heterocycles. The van der Waals surface area contributed by atoms with E-state index in [1.807, 2.05) is 6.08 Å². The highest BCUT2D eigenvalue weighted by Gasteiger charge is 2.57. The normalized spacial score (nSPS) is 52.0. The first-order valence-corrected chi connectivity index (χ1v) is 8.61. The van der Waals surface area contributed by atoms with Gasteiger partial charge >= 0.3 is 0 Å². The van der Waals surface area contributed by atoms with Crippen LogP contribution < -0.4 is 0 Å². The molecule has 0 saturated heterocycles. The molecule has 1 unspecified atom stereocenters. The van der Waals surface area contributed by atoms with Gasteiger partial charge in [-0.15, -0.1) is 0 Å². The second kappa shape index (κ2) is 4.32. The zero-order valence-corrected chi connectivity index (χ0v) is 13.2. The van der Waals surface area contributed by atoms with Crippen molar-refractivity contribution in [2.45, 2.75) is 58.5 Å². The Kier molecular flexibility index (Phi) is 2.83. The van der Waals surface area contributed by atoms with Crippen LogP contribution in [0.25, 0.3) is 0 Å². The number of rotatable bonds is 0. The Morgan fingerprint density at radius 1 is 1.14 bits per heavy atom. The van der Waals surface area contributed by atoms with Crippen molar-refractivity contribution in [1.29, 1.82) is 5.41 Å². The third kappa shape index (κ3) is 1.72. The van der Waals surface area contributed by atoms with Gasteiger partial charge in [0.2, 0.25) is 0 Å². The van der Waals surface area contributed by atoms with Gasteiger partial charge in [0.1, 0.15) is 0 Å². The number of fused-ring (bicyclic) bond motifs is 5. The van der Waals surface area contributed by atoms with Gasteiger partial charge < -0.3 is 10.5 Å². The second-order valence-corrected chi connectivity index (χ2v) is 8.21. The molecule has 3 saturated carbocycles. The van der Waals surface area contributed by atoms with Gasteiger partial charge in [-0.05, 0) is 56.3 Å². The summed E-state index contributed by atoms with van der Waals surface area (Å²) < 4.78 is 0. The molecule has 4 aliphatic rings. The van der Waals surface area contributed by atoms with E-state index in [2.05, 4.69) is 26.0 Å². The number of hydrogen-bond donors (Lipinski definition) is 2. The highest BCUT2D eigenvalue weighted by Crippen LogP contribution is 2.63. The van der Waals surface area contributed by atoms with Crippen molar-refractivity contribution in [1.82, 2.24) is 0 Å². The van der Waals surface area contributed by atoms with Crippen molar-refractivity contribution in [2.24, 2.45) is 28.6 Å². The quantitative estimate of drug-likeness (QED) is 0.646. The van der Waals surface area contributed by atoms with Crippen LogP contribution in [-0.4, -0.2) is 16.9 Å². The molecule has 0 aliphatic heterocycles. The summed E-state index contributed by atoms with van der Waals surface area (Å²) in [5.74, 6) is 2.21. The molecular weight excluding hydrogens is 258 g/mol. The molecule has 0 aromatic rings. The Morgan fingerprint density at radius 3 is 2.76 bits per heavy atom. The van der Waals surface area contributed by atoms with Gasteiger partial charge in [-0.25, -0.2) is 0 Å². The van der Waals surface area contributed by atoms with Crippen molar-refractivity contribution in [3.63, 3.8) is 0 Å². The molecule has 0 bridgehead atoms. The Balaban J connectivity index is 1.70. The molecule has 0 amide bonds. The summed E-state index contributed by atoms with van der Waals surface area (Å²) in [5.41, 5.74) is 2.84. The lowest BCUT2D eigenvalue weighted by Crippen LogP contribution is -2.49. The first kappa shape index (κ1) is 13.8. The molecule has 0 spiro atoms. The first-order valence-electron chi connectivity index (χ1n) is 8.61. The highest BCUT2D eigenvalue weighted by molar-refractivity contribution is 5.89. The summed E-state index contributed by atoms with van der Waals surface area (Å²) in [6, 6.07) is 0. The maximum Gasteiger partial charge on any atom is 0.0905 e. The van der Waals surface area contributed by atoms with E-state index < -0.39 is 0 Å². The fraction of sp³-hybridized carbons (Fsp3) is 0.737. The standard InChI is InChI=1S/C19H27NO/c1-18-9-7-13(21)11-12(18)3-4-14-15-5-6-17(20)19(15,2)10-8-16(14)18/h7,9,11,13-16,20-21H,3-6,8,10H2,1-2H3/t13?,14-,15-,16+,18-,19-/m0/s1. The Hall–Kier alpha value is -0.890. The predicted octanol–water partition coefficient (Wildman–Crippen LogP) is 4.11. The average molecular weight is 285 g/mol. The summed E-state index contributed by atoms with van der Waals surface area (Å²) in [5, 5.41) is 18.3. The molecule has 4 aliphatic carbocycles. The van der Waals surface area contributed by atoms with Crippen LogP contribution in [-0.2, 0) is 0 Å². The number of aliphatic hydroxyl groups excluding tert-OH is 1. The van der Waals surface area contributed by atoms with E-state index in [0.29, 0.717) is 5.92 Å². The number of hydrogen-bond acceptors (Lipinski definition) is 2. The van der Waals surface area contributed by atoms with Gasteiger partial charge in [-0.2, -0.15) is 0 Å². The fourth-order valence-electron chi connectivity index (χ4n) is 6.13. The molecule has 114 valence electrons. The number of aliphatic hydroxyl groups is 1. The third-order valence-corrected chi connectivity index (χ3v) is 7.44. The molecule has 21 heavy (non-hydrogen) atoms. The van der Waals surface area contributed by atoms with Crippen LogP contribution in [0.15, 0.2) is 23.8 Å². The summed E-state index contributed by atoms with van der Waals surface area (Å²) in [6.45, 7) is 4.75. The average Bonchev–Trinajstić information content (AvgIpc) is 2.76. The maximum atomic E-state index is 9.89. The zero-order valence-electron chi connectivity index (χ0n) is 13.2. The van der Waals surface area contributed by atoms with Gasteiger partial charge in [-0.3, -0.25) is 0 Å². The van der Waals surface area contributed by atoms with Gasteiger partial charge in [0, 0.05) is 16.5 Å². The fourth-order valence-corrected chi connectivity index (χ4v) is 6.13. The zero-order chi connectivity index (χ0) is 14.8. The molecule has 0 aromatic carbocycles. The minimum atomic E-state index is -0.377. The smallest absolute Gasteiger partial charge is 0.0905 e. The van der Waals surface area contributed by atoms with E-state index in [1.54, 1.807) is 0 Å². The lowest BCUT2D eigenvalue weighted by Gasteiger charge is -2.56. The van der Waals surface area contributed by atoms with Crippen molar-refractivity contribution in [3.8, 4) is 0 Å². The van der Waals surface area contributed by atoms with Gasteiger partial charge in [0.25, 0.3) is 0 Å². The Bertz CT molecular complexity index is 548. The lowest BCUT2D eigenvalue weighted by atomic mass is 9.48. The van der Waals surface area contributed by atoms with Crippen LogP contribution in [0, 0.1) is 34.0 Å². The predicted molar refractivity (Wildman–Crippen MR) is 85.3 cm³/mol. The highest BCUT2D eigenvalue weighted by atomic mass is 16.3.